The van der Waals surface area contributed by atoms with Crippen LogP contribution in [0, 0.1) is 11.6 Å². The molecule has 1 saturated carbocycles. The lowest BCUT2D eigenvalue weighted by atomic mass is 10.0. The van der Waals surface area contributed by atoms with Crippen LogP contribution >= 0.6 is 0 Å². The molecule has 0 unspecified atom stereocenters. The number of carbonyl (C=O) groups excluding carboxylic acids is 2. The van der Waals surface area contributed by atoms with Gasteiger partial charge in [-0.3, -0.25) is 4.79 Å². The number of carboxylic acid groups (broad SMARTS) is 1. The largest absolute Gasteiger partial charge is 0.477 e. The molecule has 12 heteroatoms. The van der Waals surface area contributed by atoms with Gasteiger partial charge < -0.3 is 29.4 Å². The maximum Gasteiger partial charge on any atom is 0.410 e. The highest BCUT2D eigenvalue weighted by atomic mass is 19.2. The second-order valence-corrected chi connectivity index (χ2v) is 13.4. The summed E-state index contributed by atoms with van der Waals surface area (Å²) < 4.78 is 42.9. The first-order chi connectivity index (χ1) is 20.4. The van der Waals surface area contributed by atoms with Crippen molar-refractivity contribution in [3.63, 3.8) is 0 Å². The van der Waals surface area contributed by atoms with E-state index in [0.29, 0.717) is 19.3 Å². The smallest absolute Gasteiger partial charge is 0.410 e. The first-order valence-corrected chi connectivity index (χ1v) is 14.9. The Morgan fingerprint density at radius 3 is 2.27 bits per heavy atom. The van der Waals surface area contributed by atoms with Crippen LogP contribution in [0.15, 0.2) is 16.9 Å². The number of hydrogen-bond donors (Lipinski definition) is 2. The number of carboxylic acids is 1. The van der Waals surface area contributed by atoms with Crippen molar-refractivity contribution in [3.8, 4) is 0 Å². The molecule has 0 radical (unpaired) electrons. The lowest BCUT2D eigenvalue weighted by Gasteiger charge is -2.28. The summed E-state index contributed by atoms with van der Waals surface area (Å²) in [5.74, 6) is -3.84. The molecule has 240 valence electrons. The number of carbonyl (C=O) groups is 3. The van der Waals surface area contributed by atoms with Gasteiger partial charge in [-0.25, -0.2) is 23.2 Å². The summed E-state index contributed by atoms with van der Waals surface area (Å²) in [6.07, 6.45) is 3.95. The number of nitrogens with zero attached hydrogens (tertiary/aromatic N) is 2. The lowest BCUT2D eigenvalue weighted by molar-refractivity contribution is 0.0220. The zero-order chi connectivity index (χ0) is 32.7. The second-order valence-electron chi connectivity index (χ2n) is 13.4. The van der Waals surface area contributed by atoms with Gasteiger partial charge in [0.25, 0.3) is 0 Å². The number of likely N-dealkylation sites (tertiary alicyclic amines) is 1. The van der Waals surface area contributed by atoms with E-state index in [1.54, 1.807) is 59.1 Å². The monoisotopic (exact) mass is 617 g/mol. The van der Waals surface area contributed by atoms with Gasteiger partial charge in [0, 0.05) is 29.9 Å². The van der Waals surface area contributed by atoms with E-state index < -0.39 is 64.1 Å². The third-order valence-corrected chi connectivity index (χ3v) is 7.44. The molecule has 2 N–H and O–H groups in total. The highest BCUT2D eigenvalue weighted by molar-refractivity contribution is 5.97. The number of benzene rings is 1. The lowest BCUT2D eigenvalue weighted by Crippen LogP contribution is -2.43. The minimum absolute atomic E-state index is 0.139. The number of ether oxygens (including phenoxy) is 2. The molecule has 2 atom stereocenters. The molecule has 4 rings (SSSR count). The predicted octanol–water partition coefficient (Wildman–Crippen LogP) is 6.18. The van der Waals surface area contributed by atoms with Crippen LogP contribution in [0.4, 0.5) is 18.4 Å². The number of aromatic carboxylic acids is 1. The summed E-state index contributed by atoms with van der Waals surface area (Å²) in [4.78, 5) is 52.4. The van der Waals surface area contributed by atoms with Crippen LogP contribution in [0.25, 0.3) is 17.0 Å². The molecule has 44 heavy (non-hydrogen) atoms. The van der Waals surface area contributed by atoms with E-state index >= 15 is 4.39 Å². The van der Waals surface area contributed by atoms with E-state index in [1.165, 1.54) is 11.0 Å². The molecule has 0 bridgehead atoms. The Hall–Kier alpha value is -3.96. The first-order valence-electron chi connectivity index (χ1n) is 14.9. The summed E-state index contributed by atoms with van der Waals surface area (Å²) >= 11 is 0. The molecule has 1 aliphatic carbocycles. The van der Waals surface area contributed by atoms with Crippen LogP contribution in [0.2, 0.25) is 0 Å². The second kappa shape index (κ2) is 12.2. The summed E-state index contributed by atoms with van der Waals surface area (Å²) in [5, 5.41) is 12.4. The van der Waals surface area contributed by atoms with Gasteiger partial charge in [0.05, 0.1) is 16.9 Å². The van der Waals surface area contributed by atoms with E-state index in [4.69, 9.17) is 9.47 Å². The van der Waals surface area contributed by atoms with Crippen LogP contribution < -0.4 is 10.7 Å². The third kappa shape index (κ3) is 7.22. The average Bonchev–Trinajstić information content (AvgIpc) is 3.64. The van der Waals surface area contributed by atoms with Gasteiger partial charge in [-0.2, -0.15) is 0 Å². The first kappa shape index (κ1) is 32.9. The molecule has 1 aromatic carbocycles. The Kier molecular flexibility index (Phi) is 9.14. The quantitative estimate of drug-likeness (QED) is 0.380. The Bertz CT molecular complexity index is 1570. The normalized spacial score (nSPS) is 19.1. The van der Waals surface area contributed by atoms with Gasteiger partial charge in [0.2, 0.25) is 5.43 Å². The van der Waals surface area contributed by atoms with Crippen molar-refractivity contribution in [2.75, 3.05) is 6.54 Å². The Morgan fingerprint density at radius 2 is 1.73 bits per heavy atom. The Morgan fingerprint density at radius 1 is 1.09 bits per heavy atom. The van der Waals surface area contributed by atoms with Crippen LogP contribution in [0.3, 0.4) is 0 Å². The van der Waals surface area contributed by atoms with Gasteiger partial charge in [-0.05, 0) is 79.7 Å². The fourth-order valence-corrected chi connectivity index (χ4v) is 5.65. The molecule has 1 aliphatic heterocycles. The number of fused-ring (bicyclic) bond motifs is 1. The van der Waals surface area contributed by atoms with Gasteiger partial charge in [-0.15, -0.1) is 0 Å². The fraction of sp³-hybridized carbons (Fsp3) is 0.562. The van der Waals surface area contributed by atoms with Crippen molar-refractivity contribution in [2.24, 2.45) is 0 Å². The minimum atomic E-state index is -1.41. The van der Waals surface area contributed by atoms with Gasteiger partial charge in [-0.1, -0.05) is 19.1 Å². The van der Waals surface area contributed by atoms with E-state index in [-0.39, 0.29) is 47.6 Å². The molecule has 1 aromatic heterocycles. The molecule has 2 heterocycles. The van der Waals surface area contributed by atoms with Crippen LogP contribution in [0.5, 0.6) is 0 Å². The van der Waals surface area contributed by atoms with Crippen molar-refractivity contribution >= 4 is 35.1 Å². The SMILES string of the molecule is CCc1c(C(=O)O)c(=O)c2cc(F)c(F)c(C=CC[C@@H]3C[C@H](NC(=O)OC(C)(C)C)CN3C(=O)OC(C)(C)C)c2n1C1CC1. The van der Waals surface area contributed by atoms with Crippen molar-refractivity contribution in [1.29, 1.82) is 0 Å². The molecular formula is C32H41F2N3O7. The van der Waals surface area contributed by atoms with Crippen molar-refractivity contribution in [1.82, 2.24) is 14.8 Å². The highest BCUT2D eigenvalue weighted by Gasteiger charge is 2.38. The number of hydrogen-bond acceptors (Lipinski definition) is 6. The van der Waals surface area contributed by atoms with E-state index in [9.17, 15) is 28.7 Å². The highest BCUT2D eigenvalue weighted by Crippen LogP contribution is 2.40. The number of amides is 2. The number of nitrogens with one attached hydrogen (secondary N) is 1. The number of rotatable bonds is 7. The standard InChI is InChI=1S/C32H41F2N3O7/c1-8-23-24(28(39)40)27(38)21-15-22(33)25(34)20(26(21)37(23)18-12-13-18)11-9-10-19-14-17(35-29(41)43-31(2,3)4)16-36(19)30(42)44-32(5,6)7/h9,11,15,17-19H,8,10,12-14,16H2,1-7H3,(H,35,41)(H,39,40)/t17-,19+/m0/s1. The van der Waals surface area contributed by atoms with E-state index in [1.807, 2.05) is 0 Å². The van der Waals surface area contributed by atoms with Gasteiger partial charge in [0.1, 0.15) is 16.8 Å². The van der Waals surface area contributed by atoms with Gasteiger partial charge >= 0.3 is 18.2 Å². The number of alkyl carbamates (subject to hydrolysis) is 1. The van der Waals surface area contributed by atoms with Crippen LogP contribution in [-0.4, -0.2) is 62.6 Å². The van der Waals surface area contributed by atoms with Crippen LogP contribution in [0.1, 0.15) is 102 Å². The molecule has 2 aromatic rings. The predicted molar refractivity (Wildman–Crippen MR) is 161 cm³/mol. The maximum atomic E-state index is 15.5. The average molecular weight is 618 g/mol. The van der Waals surface area contributed by atoms with E-state index in [0.717, 1.165) is 6.07 Å². The molecule has 10 nitrogen and oxygen atoms in total. The number of pyridine rings is 1. The van der Waals surface area contributed by atoms with Crippen molar-refractivity contribution in [3.05, 3.63) is 50.8 Å². The van der Waals surface area contributed by atoms with Crippen LogP contribution in [-0.2, 0) is 15.9 Å². The molecule has 2 aliphatic rings. The Balaban J connectivity index is 1.71. The molecule has 2 amide bonds. The molecule has 0 spiro atoms. The summed E-state index contributed by atoms with van der Waals surface area (Å²) in [5.41, 5.74) is -2.53. The summed E-state index contributed by atoms with van der Waals surface area (Å²) in [7, 11) is 0. The fourth-order valence-electron chi connectivity index (χ4n) is 5.65. The maximum absolute atomic E-state index is 15.5. The number of halogens is 2. The minimum Gasteiger partial charge on any atom is -0.477 e. The van der Waals surface area contributed by atoms with Crippen molar-refractivity contribution < 1.29 is 37.7 Å². The third-order valence-electron chi connectivity index (χ3n) is 7.44. The zero-order valence-corrected chi connectivity index (χ0v) is 26.3. The van der Waals surface area contributed by atoms with Crippen molar-refractivity contribution in [2.45, 2.75) is 110 Å². The molecule has 1 saturated heterocycles. The number of aromatic nitrogens is 1. The van der Waals surface area contributed by atoms with Gasteiger partial charge in [0.15, 0.2) is 11.6 Å². The van der Waals surface area contributed by atoms with E-state index in [2.05, 4.69) is 5.32 Å². The summed E-state index contributed by atoms with van der Waals surface area (Å²) in [6, 6.07) is -0.271. The molecular weight excluding hydrogens is 576 g/mol. The summed E-state index contributed by atoms with van der Waals surface area (Å²) in [6.45, 7) is 12.3. The molecule has 2 fully saturated rings. The topological polar surface area (TPSA) is 127 Å². The zero-order valence-electron chi connectivity index (χ0n) is 26.3. The Labute approximate surface area is 255 Å².